The Bertz CT molecular complexity index is 300. The van der Waals surface area contributed by atoms with E-state index in [-0.39, 0.29) is 11.9 Å². The largest absolute Gasteiger partial charge is 0.353 e. The number of amides is 1. The van der Waals surface area contributed by atoms with Crippen molar-refractivity contribution in [3.05, 3.63) is 0 Å². The van der Waals surface area contributed by atoms with Crippen LogP contribution in [0, 0.1) is 0 Å². The monoisotopic (exact) mass is 295 g/mol. The zero-order valence-corrected chi connectivity index (χ0v) is 13.7. The molecule has 0 bridgehead atoms. The number of hydrogen-bond acceptors (Lipinski definition) is 3. The maximum absolute atomic E-state index is 12.3. The summed E-state index contributed by atoms with van der Waals surface area (Å²) in [6.07, 6.45) is 11.4. The second-order valence-electron chi connectivity index (χ2n) is 6.63. The van der Waals surface area contributed by atoms with E-state index in [0.29, 0.717) is 6.04 Å². The molecule has 2 N–H and O–H groups in total. The molecular weight excluding hydrogens is 262 g/mol. The minimum Gasteiger partial charge on any atom is -0.353 e. The number of nitrogens with zero attached hydrogens (tertiary/aromatic N) is 1. The van der Waals surface area contributed by atoms with Gasteiger partial charge in [0.15, 0.2) is 0 Å². The molecule has 4 nitrogen and oxygen atoms in total. The molecular formula is C17H33N3O. The highest BCUT2D eigenvalue weighted by Gasteiger charge is 2.29. The Morgan fingerprint density at radius 1 is 1.05 bits per heavy atom. The van der Waals surface area contributed by atoms with Gasteiger partial charge in [-0.25, -0.2) is 0 Å². The third kappa shape index (κ3) is 5.59. The van der Waals surface area contributed by atoms with Gasteiger partial charge in [0.05, 0.1) is 6.04 Å². The molecule has 1 atom stereocenters. The maximum Gasteiger partial charge on any atom is 0.237 e. The van der Waals surface area contributed by atoms with Gasteiger partial charge < -0.3 is 10.6 Å². The van der Waals surface area contributed by atoms with Crippen molar-refractivity contribution >= 4 is 5.91 Å². The summed E-state index contributed by atoms with van der Waals surface area (Å²) < 4.78 is 0. The van der Waals surface area contributed by atoms with E-state index >= 15 is 0 Å². The first-order chi connectivity index (χ1) is 10.3. The summed E-state index contributed by atoms with van der Waals surface area (Å²) in [5.41, 5.74) is 0. The predicted octanol–water partition coefficient (Wildman–Crippen LogP) is 2.29. The fraction of sp³-hybridized carbons (Fsp3) is 0.941. The molecule has 2 aliphatic rings. The molecule has 1 aliphatic carbocycles. The van der Waals surface area contributed by atoms with Crippen molar-refractivity contribution in [2.45, 2.75) is 76.8 Å². The number of rotatable bonds is 7. The summed E-state index contributed by atoms with van der Waals surface area (Å²) in [6, 6.07) is 0.801. The van der Waals surface area contributed by atoms with E-state index in [1.54, 1.807) is 0 Å². The van der Waals surface area contributed by atoms with Crippen LogP contribution in [0.15, 0.2) is 0 Å². The van der Waals surface area contributed by atoms with Crippen molar-refractivity contribution in [3.8, 4) is 0 Å². The van der Waals surface area contributed by atoms with E-state index in [2.05, 4.69) is 22.5 Å². The Morgan fingerprint density at radius 3 is 2.52 bits per heavy atom. The molecule has 0 aromatic rings. The van der Waals surface area contributed by atoms with E-state index in [9.17, 15) is 4.79 Å². The first-order valence-electron chi connectivity index (χ1n) is 9.06. The summed E-state index contributed by atoms with van der Waals surface area (Å²) in [4.78, 5) is 14.6. The Hall–Kier alpha value is -0.610. The molecule has 1 saturated heterocycles. The summed E-state index contributed by atoms with van der Waals surface area (Å²) in [5.74, 6) is 0.239. The molecule has 1 saturated carbocycles. The highest BCUT2D eigenvalue weighted by Crippen LogP contribution is 2.18. The summed E-state index contributed by atoms with van der Waals surface area (Å²) in [6.45, 7) is 6.01. The van der Waals surface area contributed by atoms with Crippen LogP contribution in [0.4, 0.5) is 0 Å². The number of likely N-dealkylation sites (tertiary alicyclic amines) is 1. The van der Waals surface area contributed by atoms with Crippen LogP contribution in [0.5, 0.6) is 0 Å². The SMILES string of the molecule is CCCN1CCCC1C(=O)NCCNC1CCCCCC1. The van der Waals surface area contributed by atoms with E-state index in [1.807, 2.05) is 0 Å². The molecule has 1 unspecified atom stereocenters. The van der Waals surface area contributed by atoms with Crippen LogP contribution in [-0.4, -0.2) is 49.1 Å². The van der Waals surface area contributed by atoms with Gasteiger partial charge in [0.1, 0.15) is 0 Å². The normalized spacial score (nSPS) is 24.9. The van der Waals surface area contributed by atoms with Crippen LogP contribution in [0.3, 0.4) is 0 Å². The average Bonchev–Trinajstić information content (AvgIpc) is 2.79. The minimum absolute atomic E-state index is 0.128. The van der Waals surface area contributed by atoms with Gasteiger partial charge in [-0.3, -0.25) is 9.69 Å². The molecule has 4 heteroatoms. The highest BCUT2D eigenvalue weighted by molar-refractivity contribution is 5.82. The van der Waals surface area contributed by atoms with Crippen molar-refractivity contribution in [2.75, 3.05) is 26.2 Å². The van der Waals surface area contributed by atoms with Gasteiger partial charge in [0.25, 0.3) is 0 Å². The molecule has 122 valence electrons. The second kappa shape index (κ2) is 9.42. The Balaban J connectivity index is 1.60. The molecule has 0 spiro atoms. The quantitative estimate of drug-likeness (QED) is 0.559. The van der Waals surface area contributed by atoms with Crippen LogP contribution in [-0.2, 0) is 4.79 Å². The highest BCUT2D eigenvalue weighted by atomic mass is 16.2. The molecule has 0 aromatic carbocycles. The summed E-state index contributed by atoms with van der Waals surface area (Å²) >= 11 is 0. The van der Waals surface area contributed by atoms with Crippen LogP contribution in [0.25, 0.3) is 0 Å². The molecule has 1 heterocycles. The maximum atomic E-state index is 12.3. The Labute approximate surface area is 130 Å². The molecule has 1 aliphatic heterocycles. The fourth-order valence-electron chi connectivity index (χ4n) is 3.74. The van der Waals surface area contributed by atoms with Crippen LogP contribution >= 0.6 is 0 Å². The first-order valence-corrected chi connectivity index (χ1v) is 9.06. The van der Waals surface area contributed by atoms with Crippen molar-refractivity contribution in [1.82, 2.24) is 15.5 Å². The van der Waals surface area contributed by atoms with Crippen LogP contribution < -0.4 is 10.6 Å². The van der Waals surface area contributed by atoms with Crippen LogP contribution in [0.2, 0.25) is 0 Å². The Kier molecular flexibility index (Phi) is 7.51. The van der Waals surface area contributed by atoms with Gasteiger partial charge in [-0.1, -0.05) is 32.6 Å². The second-order valence-corrected chi connectivity index (χ2v) is 6.63. The molecule has 0 aromatic heterocycles. The lowest BCUT2D eigenvalue weighted by atomic mass is 10.1. The topological polar surface area (TPSA) is 44.4 Å². The first kappa shape index (κ1) is 16.8. The van der Waals surface area contributed by atoms with Crippen molar-refractivity contribution in [2.24, 2.45) is 0 Å². The number of hydrogen-bond donors (Lipinski definition) is 2. The lowest BCUT2D eigenvalue weighted by molar-refractivity contribution is -0.125. The van der Waals surface area contributed by atoms with Gasteiger partial charge in [-0.15, -0.1) is 0 Å². The summed E-state index contributed by atoms with van der Waals surface area (Å²) in [7, 11) is 0. The van der Waals surface area contributed by atoms with E-state index in [4.69, 9.17) is 0 Å². The zero-order valence-electron chi connectivity index (χ0n) is 13.7. The molecule has 0 radical (unpaired) electrons. The lowest BCUT2D eigenvalue weighted by Crippen LogP contribution is -2.45. The Morgan fingerprint density at radius 2 is 1.81 bits per heavy atom. The number of carbonyl (C=O) groups is 1. The minimum atomic E-state index is 0.128. The third-order valence-electron chi connectivity index (χ3n) is 4.89. The van der Waals surface area contributed by atoms with Gasteiger partial charge in [0, 0.05) is 19.1 Å². The lowest BCUT2D eigenvalue weighted by Gasteiger charge is -2.23. The number of nitrogens with one attached hydrogen (secondary N) is 2. The third-order valence-corrected chi connectivity index (χ3v) is 4.89. The molecule has 2 fully saturated rings. The zero-order chi connectivity index (χ0) is 14.9. The fourth-order valence-corrected chi connectivity index (χ4v) is 3.74. The van der Waals surface area contributed by atoms with Crippen molar-refractivity contribution in [1.29, 1.82) is 0 Å². The number of carbonyl (C=O) groups excluding carboxylic acids is 1. The predicted molar refractivity (Wildman–Crippen MR) is 87.4 cm³/mol. The van der Waals surface area contributed by atoms with Crippen molar-refractivity contribution in [3.63, 3.8) is 0 Å². The van der Waals surface area contributed by atoms with E-state index < -0.39 is 0 Å². The molecule has 21 heavy (non-hydrogen) atoms. The van der Waals surface area contributed by atoms with Crippen molar-refractivity contribution < 1.29 is 4.79 Å². The standard InChI is InChI=1S/C17H33N3O/c1-2-13-20-14-7-10-16(20)17(21)19-12-11-18-15-8-5-3-4-6-9-15/h15-16,18H,2-14H2,1H3,(H,19,21). The molecule has 1 amide bonds. The average molecular weight is 295 g/mol. The van der Waals surface area contributed by atoms with Gasteiger partial charge in [-0.05, 0) is 45.2 Å². The smallest absolute Gasteiger partial charge is 0.237 e. The van der Waals surface area contributed by atoms with E-state index in [0.717, 1.165) is 39.0 Å². The van der Waals surface area contributed by atoms with Gasteiger partial charge in [-0.2, -0.15) is 0 Å². The molecule has 2 rings (SSSR count). The van der Waals surface area contributed by atoms with Gasteiger partial charge >= 0.3 is 0 Å². The van der Waals surface area contributed by atoms with Crippen LogP contribution in [0.1, 0.15) is 64.7 Å². The van der Waals surface area contributed by atoms with Gasteiger partial charge in [0.2, 0.25) is 5.91 Å². The van der Waals surface area contributed by atoms with E-state index in [1.165, 1.54) is 44.9 Å². The summed E-state index contributed by atoms with van der Waals surface area (Å²) in [5, 5.41) is 6.74.